The summed E-state index contributed by atoms with van der Waals surface area (Å²) < 4.78 is 38.4. The van der Waals surface area contributed by atoms with Crippen LogP contribution in [0.25, 0.3) is 0 Å². The molecule has 2 aromatic rings. The van der Waals surface area contributed by atoms with Gasteiger partial charge in [-0.25, -0.2) is 8.42 Å². The van der Waals surface area contributed by atoms with Crippen molar-refractivity contribution in [3.63, 3.8) is 0 Å². The lowest BCUT2D eigenvalue weighted by Crippen LogP contribution is -2.43. The summed E-state index contributed by atoms with van der Waals surface area (Å²) in [6.45, 7) is 3.93. The lowest BCUT2D eigenvalue weighted by molar-refractivity contribution is -0.119. The zero-order chi connectivity index (χ0) is 21.2. The Bertz CT molecular complexity index is 1020. The first-order valence-corrected chi connectivity index (χ1v) is 10.8. The van der Waals surface area contributed by atoms with Crippen molar-refractivity contribution >= 4 is 21.6 Å². The van der Waals surface area contributed by atoms with Gasteiger partial charge < -0.3 is 14.8 Å². The van der Waals surface area contributed by atoms with E-state index in [0.29, 0.717) is 42.1 Å². The molecule has 0 bridgehead atoms. The molecule has 0 radical (unpaired) electrons. The minimum absolute atomic E-state index is 0.157. The van der Waals surface area contributed by atoms with E-state index in [0.717, 1.165) is 5.56 Å². The molecule has 8 heteroatoms. The fraction of sp³-hybridized carbons (Fsp3) is 0.381. The van der Waals surface area contributed by atoms with Crippen LogP contribution in [0.15, 0.2) is 41.3 Å². The largest absolute Gasteiger partial charge is 0.497 e. The molecule has 0 aromatic heterocycles. The highest BCUT2D eigenvalue weighted by Crippen LogP contribution is 2.32. The van der Waals surface area contributed by atoms with E-state index >= 15 is 0 Å². The third-order valence-corrected chi connectivity index (χ3v) is 7.15. The summed E-state index contributed by atoms with van der Waals surface area (Å²) in [6.07, 6.45) is 1.08. The zero-order valence-corrected chi connectivity index (χ0v) is 17.9. The lowest BCUT2D eigenvalue weighted by atomic mass is 10.1. The Kier molecular flexibility index (Phi) is 6.14. The number of ether oxygens (including phenoxy) is 2. The van der Waals surface area contributed by atoms with E-state index < -0.39 is 16.1 Å². The molecule has 1 saturated heterocycles. The van der Waals surface area contributed by atoms with E-state index in [-0.39, 0.29) is 10.8 Å². The summed E-state index contributed by atoms with van der Waals surface area (Å²) in [5, 5.41) is 2.84. The summed E-state index contributed by atoms with van der Waals surface area (Å²) in [5.41, 5.74) is 2.10. The van der Waals surface area contributed by atoms with Gasteiger partial charge in [-0.1, -0.05) is 12.1 Å². The number of nitrogens with one attached hydrogen (secondary N) is 1. The topological polar surface area (TPSA) is 84.9 Å². The molecule has 0 saturated carbocycles. The maximum absolute atomic E-state index is 13.3. The summed E-state index contributed by atoms with van der Waals surface area (Å²) in [5.74, 6) is 0.620. The average molecular weight is 419 g/mol. The van der Waals surface area contributed by atoms with Crippen LogP contribution in [0.3, 0.4) is 0 Å². The average Bonchev–Trinajstić information content (AvgIpc) is 3.19. The first-order chi connectivity index (χ1) is 13.8. The maximum atomic E-state index is 13.3. The number of hydrogen-bond donors (Lipinski definition) is 1. The Hall–Kier alpha value is -2.58. The fourth-order valence-corrected chi connectivity index (χ4v) is 5.44. The third kappa shape index (κ3) is 4.23. The molecule has 1 fully saturated rings. The normalized spacial score (nSPS) is 17.2. The van der Waals surface area contributed by atoms with Gasteiger partial charge in [0.2, 0.25) is 15.9 Å². The number of methoxy groups -OCH3 is 2. The second-order valence-corrected chi connectivity index (χ2v) is 8.96. The zero-order valence-electron chi connectivity index (χ0n) is 17.1. The van der Waals surface area contributed by atoms with Gasteiger partial charge in [-0.15, -0.1) is 0 Å². The van der Waals surface area contributed by atoms with Gasteiger partial charge in [0.25, 0.3) is 0 Å². The Morgan fingerprint density at radius 3 is 2.55 bits per heavy atom. The molecule has 1 aliphatic rings. The first-order valence-electron chi connectivity index (χ1n) is 9.40. The molecule has 1 atom stereocenters. The highest BCUT2D eigenvalue weighted by Gasteiger charge is 2.40. The Morgan fingerprint density at radius 2 is 1.86 bits per heavy atom. The minimum atomic E-state index is -3.85. The minimum Gasteiger partial charge on any atom is -0.497 e. The van der Waals surface area contributed by atoms with E-state index in [1.807, 2.05) is 13.0 Å². The standard InChI is InChI=1S/C21H26N2O5S/c1-14-7-10-19(28-4)17(12-14)22-21(24)18-6-5-11-23(18)29(25,26)20-13-16(27-3)9-8-15(20)2/h7-10,12-13,18H,5-6,11H2,1-4H3,(H,22,24)/t18-/m0/s1. The number of amides is 1. The molecule has 7 nitrogen and oxygen atoms in total. The van der Waals surface area contributed by atoms with Crippen LogP contribution in [-0.4, -0.2) is 45.4 Å². The number of carbonyl (C=O) groups is 1. The van der Waals surface area contributed by atoms with Gasteiger partial charge in [0, 0.05) is 12.6 Å². The van der Waals surface area contributed by atoms with Crippen molar-refractivity contribution < 1.29 is 22.7 Å². The number of rotatable bonds is 6. The number of hydrogen-bond acceptors (Lipinski definition) is 5. The second-order valence-electron chi connectivity index (χ2n) is 7.10. The van der Waals surface area contributed by atoms with Gasteiger partial charge in [-0.2, -0.15) is 4.31 Å². The van der Waals surface area contributed by atoms with Crippen LogP contribution in [0.1, 0.15) is 24.0 Å². The Labute approximate surface area is 171 Å². The van der Waals surface area contributed by atoms with Crippen LogP contribution in [0.4, 0.5) is 5.69 Å². The van der Waals surface area contributed by atoms with Crippen LogP contribution in [0.2, 0.25) is 0 Å². The molecule has 3 rings (SSSR count). The first kappa shape index (κ1) is 21.1. The molecular formula is C21H26N2O5S. The Balaban J connectivity index is 1.90. The van der Waals surface area contributed by atoms with Gasteiger partial charge in [-0.3, -0.25) is 4.79 Å². The molecule has 1 aliphatic heterocycles. The number of anilines is 1. The molecule has 1 N–H and O–H groups in total. The fourth-order valence-electron chi connectivity index (χ4n) is 3.54. The number of aryl methyl sites for hydroxylation is 2. The van der Waals surface area contributed by atoms with E-state index in [1.165, 1.54) is 24.6 Å². The van der Waals surface area contributed by atoms with Crippen LogP contribution in [0.5, 0.6) is 11.5 Å². The van der Waals surface area contributed by atoms with Crippen molar-refractivity contribution in [2.24, 2.45) is 0 Å². The smallest absolute Gasteiger partial charge is 0.244 e. The SMILES string of the molecule is COc1ccc(C)c(S(=O)(=O)N2CCC[C@H]2C(=O)Nc2cc(C)ccc2OC)c1. The highest BCUT2D eigenvalue weighted by atomic mass is 32.2. The molecule has 29 heavy (non-hydrogen) atoms. The number of nitrogens with zero attached hydrogens (tertiary/aromatic N) is 1. The van der Waals surface area contributed by atoms with Crippen molar-refractivity contribution in [1.29, 1.82) is 0 Å². The van der Waals surface area contributed by atoms with Crippen LogP contribution < -0.4 is 14.8 Å². The van der Waals surface area contributed by atoms with Crippen molar-refractivity contribution in [2.45, 2.75) is 37.6 Å². The van der Waals surface area contributed by atoms with Gasteiger partial charge in [0.15, 0.2) is 0 Å². The van der Waals surface area contributed by atoms with E-state index in [2.05, 4.69) is 5.32 Å². The van der Waals surface area contributed by atoms with Crippen molar-refractivity contribution in [2.75, 3.05) is 26.1 Å². The maximum Gasteiger partial charge on any atom is 0.244 e. The van der Waals surface area contributed by atoms with Gasteiger partial charge >= 0.3 is 0 Å². The van der Waals surface area contributed by atoms with Crippen LogP contribution in [-0.2, 0) is 14.8 Å². The summed E-state index contributed by atoms with van der Waals surface area (Å²) in [6, 6.07) is 9.59. The molecule has 0 aliphatic carbocycles. The van der Waals surface area contributed by atoms with E-state index in [4.69, 9.17) is 9.47 Å². The summed E-state index contributed by atoms with van der Waals surface area (Å²) in [7, 11) is -0.837. The Morgan fingerprint density at radius 1 is 1.10 bits per heavy atom. The molecule has 1 heterocycles. The van der Waals surface area contributed by atoms with E-state index in [9.17, 15) is 13.2 Å². The number of benzene rings is 2. The quantitative estimate of drug-likeness (QED) is 0.779. The van der Waals surface area contributed by atoms with Crippen molar-refractivity contribution in [3.05, 3.63) is 47.5 Å². The third-order valence-electron chi connectivity index (χ3n) is 5.10. The molecule has 2 aromatic carbocycles. The molecule has 1 amide bonds. The van der Waals surface area contributed by atoms with Gasteiger partial charge in [-0.05, 0) is 56.0 Å². The summed E-state index contributed by atoms with van der Waals surface area (Å²) in [4.78, 5) is 13.2. The molecule has 156 valence electrons. The predicted octanol–water partition coefficient (Wildman–Crippen LogP) is 3.11. The van der Waals surface area contributed by atoms with Crippen molar-refractivity contribution in [3.8, 4) is 11.5 Å². The van der Waals surface area contributed by atoms with Crippen LogP contribution >= 0.6 is 0 Å². The highest BCUT2D eigenvalue weighted by molar-refractivity contribution is 7.89. The van der Waals surface area contributed by atoms with E-state index in [1.54, 1.807) is 31.2 Å². The second kappa shape index (κ2) is 8.42. The van der Waals surface area contributed by atoms with Gasteiger partial charge in [0.1, 0.15) is 17.5 Å². The lowest BCUT2D eigenvalue weighted by Gasteiger charge is -2.24. The van der Waals surface area contributed by atoms with Crippen LogP contribution in [0, 0.1) is 13.8 Å². The van der Waals surface area contributed by atoms with Gasteiger partial charge in [0.05, 0.1) is 24.8 Å². The molecule has 0 unspecified atom stereocenters. The monoisotopic (exact) mass is 418 g/mol. The molecule has 0 spiro atoms. The number of carbonyl (C=O) groups excluding carboxylic acids is 1. The summed E-state index contributed by atoms with van der Waals surface area (Å²) >= 11 is 0. The molecular weight excluding hydrogens is 392 g/mol. The van der Waals surface area contributed by atoms with Crippen molar-refractivity contribution in [1.82, 2.24) is 4.31 Å². The predicted molar refractivity (Wildman–Crippen MR) is 111 cm³/mol. The number of sulfonamides is 1.